The van der Waals surface area contributed by atoms with Crippen LogP contribution in [0.4, 0.5) is 0 Å². The van der Waals surface area contributed by atoms with Crippen molar-refractivity contribution in [3.63, 3.8) is 0 Å². The van der Waals surface area contributed by atoms with Gasteiger partial charge < -0.3 is 10.4 Å². The number of hydrogen-bond acceptors (Lipinski definition) is 2. The molecule has 0 radical (unpaired) electrons. The van der Waals surface area contributed by atoms with Crippen LogP contribution in [0.2, 0.25) is 5.02 Å². The van der Waals surface area contributed by atoms with E-state index < -0.39 is 0 Å². The summed E-state index contributed by atoms with van der Waals surface area (Å²) in [4.78, 5) is 12.1. The Morgan fingerprint density at radius 1 is 1.50 bits per heavy atom. The molecule has 0 heterocycles. The maximum Gasteiger partial charge on any atom is 0.253 e. The number of carbonyl (C=O) groups is 1. The Kier molecular flexibility index (Phi) is 4.43. The summed E-state index contributed by atoms with van der Waals surface area (Å²) in [5, 5.41) is 12.3. The minimum atomic E-state index is -0.200. The molecule has 0 saturated heterocycles. The Bertz CT molecular complexity index is 490. The summed E-state index contributed by atoms with van der Waals surface area (Å²) in [6.07, 6.45) is 4.56. The van der Waals surface area contributed by atoms with E-state index in [0.717, 1.165) is 6.42 Å². The van der Waals surface area contributed by atoms with Crippen molar-refractivity contribution >= 4 is 33.4 Å². The molecule has 0 bridgehead atoms. The quantitative estimate of drug-likeness (QED) is 0.837. The monoisotopic (exact) mass is 329 g/mol. The number of hydrogen-bond donors (Lipinski definition) is 2. The predicted octanol–water partition coefficient (Wildman–Crippen LogP) is 2.77. The smallest absolute Gasteiger partial charge is 0.253 e. The van der Waals surface area contributed by atoms with Gasteiger partial charge in [-0.05, 0) is 34.5 Å². The summed E-state index contributed by atoms with van der Waals surface area (Å²) >= 11 is 9.35. The number of rotatable bonds is 3. The summed E-state index contributed by atoms with van der Waals surface area (Å²) in [6, 6.07) is 5.21. The first-order valence-corrected chi connectivity index (χ1v) is 6.83. The molecule has 2 N–H and O–H groups in total. The van der Waals surface area contributed by atoms with Gasteiger partial charge in [-0.25, -0.2) is 0 Å². The highest BCUT2D eigenvalue weighted by atomic mass is 79.9. The van der Waals surface area contributed by atoms with Crippen molar-refractivity contribution in [2.75, 3.05) is 6.61 Å². The highest BCUT2D eigenvalue weighted by molar-refractivity contribution is 9.10. The van der Waals surface area contributed by atoms with Crippen LogP contribution in [0.15, 0.2) is 34.8 Å². The van der Waals surface area contributed by atoms with Gasteiger partial charge in [0.05, 0.1) is 10.6 Å². The van der Waals surface area contributed by atoms with Crippen molar-refractivity contribution in [3.8, 4) is 0 Å². The van der Waals surface area contributed by atoms with Crippen molar-refractivity contribution in [2.45, 2.75) is 12.5 Å². The Balaban J connectivity index is 2.05. The second-order valence-corrected chi connectivity index (χ2v) is 5.48. The van der Waals surface area contributed by atoms with Crippen LogP contribution in [-0.4, -0.2) is 23.7 Å². The van der Waals surface area contributed by atoms with Crippen molar-refractivity contribution in [2.24, 2.45) is 5.92 Å². The molecule has 1 aromatic rings. The number of benzene rings is 1. The molecule has 1 amide bonds. The van der Waals surface area contributed by atoms with E-state index in [1.165, 1.54) is 0 Å². The summed E-state index contributed by atoms with van der Waals surface area (Å²) < 4.78 is 0.701. The second-order valence-electron chi connectivity index (χ2n) is 4.24. The first-order chi connectivity index (χ1) is 8.61. The average molecular weight is 331 g/mol. The summed E-state index contributed by atoms with van der Waals surface area (Å²) in [5.41, 5.74) is 0.451. The molecule has 3 nitrogen and oxygen atoms in total. The molecule has 0 aromatic heterocycles. The third-order valence-electron chi connectivity index (χ3n) is 2.92. The first-order valence-electron chi connectivity index (χ1n) is 5.66. The van der Waals surface area contributed by atoms with Gasteiger partial charge in [0.1, 0.15) is 0 Å². The molecular weight excluding hydrogens is 318 g/mol. The molecule has 0 fully saturated rings. The lowest BCUT2D eigenvalue weighted by atomic mass is 10.1. The lowest BCUT2D eigenvalue weighted by Crippen LogP contribution is -2.33. The SMILES string of the molecule is O=C(N[C@@H]1C=C[C@H](CO)C1)c1cccc(Br)c1Cl. The molecule has 0 saturated carbocycles. The molecule has 0 spiro atoms. The highest BCUT2D eigenvalue weighted by Gasteiger charge is 2.21. The van der Waals surface area contributed by atoms with Crippen LogP contribution in [-0.2, 0) is 0 Å². The number of halogens is 2. The van der Waals surface area contributed by atoms with Crippen LogP contribution >= 0.6 is 27.5 Å². The van der Waals surface area contributed by atoms with Crippen LogP contribution in [0.1, 0.15) is 16.8 Å². The second kappa shape index (κ2) is 5.87. The van der Waals surface area contributed by atoms with E-state index in [-0.39, 0.29) is 24.5 Å². The molecule has 5 heteroatoms. The van der Waals surface area contributed by atoms with E-state index in [1.807, 2.05) is 12.2 Å². The number of carbonyl (C=O) groups excluding carboxylic acids is 1. The van der Waals surface area contributed by atoms with E-state index in [0.29, 0.717) is 15.1 Å². The molecule has 0 unspecified atom stereocenters. The molecule has 1 aromatic carbocycles. The van der Waals surface area contributed by atoms with Crippen LogP contribution in [0.5, 0.6) is 0 Å². The van der Waals surface area contributed by atoms with Crippen LogP contribution in [0.25, 0.3) is 0 Å². The third-order valence-corrected chi connectivity index (χ3v) is 4.22. The van der Waals surface area contributed by atoms with Gasteiger partial charge in [0.25, 0.3) is 5.91 Å². The van der Waals surface area contributed by atoms with Crippen molar-refractivity contribution in [1.29, 1.82) is 0 Å². The van der Waals surface area contributed by atoms with Crippen molar-refractivity contribution in [1.82, 2.24) is 5.32 Å². The molecule has 2 atom stereocenters. The van der Waals surface area contributed by atoms with E-state index in [1.54, 1.807) is 18.2 Å². The maximum atomic E-state index is 12.1. The summed E-state index contributed by atoms with van der Waals surface area (Å²) in [7, 11) is 0. The number of aliphatic hydroxyl groups excluding tert-OH is 1. The van der Waals surface area contributed by atoms with Crippen LogP contribution in [0.3, 0.4) is 0 Å². The van der Waals surface area contributed by atoms with Gasteiger partial charge in [-0.15, -0.1) is 0 Å². The Labute approximate surface area is 119 Å². The molecule has 96 valence electrons. The van der Waals surface area contributed by atoms with E-state index >= 15 is 0 Å². The largest absolute Gasteiger partial charge is 0.396 e. The van der Waals surface area contributed by atoms with Gasteiger partial charge in [0.2, 0.25) is 0 Å². The predicted molar refractivity (Wildman–Crippen MR) is 74.7 cm³/mol. The fourth-order valence-corrected chi connectivity index (χ4v) is 2.52. The molecular formula is C13H13BrClNO2. The Hall–Kier alpha value is -0.840. The minimum Gasteiger partial charge on any atom is -0.396 e. The molecule has 0 aliphatic heterocycles. The fourth-order valence-electron chi connectivity index (χ4n) is 1.94. The van der Waals surface area contributed by atoms with Gasteiger partial charge >= 0.3 is 0 Å². The zero-order valence-corrected chi connectivity index (χ0v) is 11.9. The zero-order chi connectivity index (χ0) is 13.1. The number of nitrogens with one attached hydrogen (secondary N) is 1. The van der Waals surface area contributed by atoms with E-state index in [9.17, 15) is 4.79 Å². The third kappa shape index (κ3) is 2.94. The van der Waals surface area contributed by atoms with Gasteiger partial charge in [-0.3, -0.25) is 4.79 Å². The molecule has 18 heavy (non-hydrogen) atoms. The van der Waals surface area contributed by atoms with Gasteiger partial charge in [-0.1, -0.05) is 29.8 Å². The standard InChI is InChI=1S/C13H13BrClNO2/c14-11-3-1-2-10(12(11)15)13(18)16-9-5-4-8(6-9)7-17/h1-5,8-9,17H,6-7H2,(H,16,18)/t8-,9+/m0/s1. The van der Waals surface area contributed by atoms with Crippen molar-refractivity contribution < 1.29 is 9.90 Å². The van der Waals surface area contributed by atoms with Gasteiger partial charge in [0.15, 0.2) is 0 Å². The maximum absolute atomic E-state index is 12.1. The summed E-state index contributed by atoms with van der Waals surface area (Å²) in [6.45, 7) is 0.112. The van der Waals surface area contributed by atoms with Crippen LogP contribution in [0, 0.1) is 5.92 Å². The Morgan fingerprint density at radius 3 is 2.94 bits per heavy atom. The fraction of sp³-hybridized carbons (Fsp3) is 0.308. The molecule has 2 rings (SSSR count). The topological polar surface area (TPSA) is 49.3 Å². The lowest BCUT2D eigenvalue weighted by molar-refractivity contribution is 0.0941. The van der Waals surface area contributed by atoms with E-state index in [4.69, 9.17) is 16.7 Å². The normalized spacial score (nSPS) is 22.2. The highest BCUT2D eigenvalue weighted by Crippen LogP contribution is 2.26. The summed E-state index contributed by atoms with van der Waals surface area (Å²) in [5.74, 6) is -0.0668. The van der Waals surface area contributed by atoms with Crippen molar-refractivity contribution in [3.05, 3.63) is 45.4 Å². The lowest BCUT2D eigenvalue weighted by Gasteiger charge is -2.13. The first kappa shape index (κ1) is 13.6. The number of aliphatic hydroxyl groups is 1. The number of amides is 1. The average Bonchev–Trinajstić information content (AvgIpc) is 2.80. The minimum absolute atomic E-state index is 0.0373. The van der Waals surface area contributed by atoms with Gasteiger partial charge in [0, 0.05) is 23.0 Å². The van der Waals surface area contributed by atoms with E-state index in [2.05, 4.69) is 21.2 Å². The Morgan fingerprint density at radius 2 is 2.28 bits per heavy atom. The van der Waals surface area contributed by atoms with Crippen LogP contribution < -0.4 is 5.32 Å². The molecule has 1 aliphatic carbocycles. The van der Waals surface area contributed by atoms with Gasteiger partial charge in [-0.2, -0.15) is 0 Å². The molecule has 1 aliphatic rings. The zero-order valence-electron chi connectivity index (χ0n) is 9.57.